The minimum atomic E-state index is -4.92. The number of hydrogen-bond acceptors (Lipinski definition) is 5. The third-order valence-corrected chi connectivity index (χ3v) is 4.90. The lowest BCUT2D eigenvalue weighted by Crippen LogP contribution is -2.36. The van der Waals surface area contributed by atoms with Crippen molar-refractivity contribution in [1.29, 1.82) is 0 Å². The fourth-order valence-corrected chi connectivity index (χ4v) is 3.58. The molecular formula is C14H9ClF4N4O2S. The van der Waals surface area contributed by atoms with Gasteiger partial charge < -0.3 is 9.88 Å². The number of thiazole rings is 1. The number of rotatable bonds is 2. The van der Waals surface area contributed by atoms with Crippen LogP contribution in [0.15, 0.2) is 21.7 Å². The molecule has 0 radical (unpaired) electrons. The van der Waals surface area contributed by atoms with Crippen molar-refractivity contribution in [2.75, 3.05) is 19.0 Å². The highest BCUT2D eigenvalue weighted by Gasteiger charge is 2.33. The zero-order chi connectivity index (χ0) is 19.4. The molecule has 26 heavy (non-hydrogen) atoms. The van der Waals surface area contributed by atoms with Crippen molar-refractivity contribution < 1.29 is 17.6 Å². The predicted molar refractivity (Wildman–Crippen MR) is 90.1 cm³/mol. The highest BCUT2D eigenvalue weighted by atomic mass is 35.5. The molecule has 0 fully saturated rings. The Bertz CT molecular complexity index is 1100. The van der Waals surface area contributed by atoms with Crippen LogP contribution in [0.3, 0.4) is 0 Å². The average Bonchev–Trinajstić information content (AvgIpc) is 2.94. The van der Waals surface area contributed by atoms with Crippen LogP contribution in [0, 0.1) is 5.82 Å². The molecular weight excluding hydrogens is 400 g/mol. The van der Waals surface area contributed by atoms with E-state index in [9.17, 15) is 27.2 Å². The van der Waals surface area contributed by atoms with Crippen LogP contribution in [-0.2, 0) is 6.18 Å². The van der Waals surface area contributed by atoms with E-state index in [1.165, 1.54) is 0 Å². The molecule has 1 N–H and O–H groups in total. The summed E-state index contributed by atoms with van der Waals surface area (Å²) in [6, 6.07) is 1.04. The Kier molecular flexibility index (Phi) is 4.31. The zero-order valence-electron chi connectivity index (χ0n) is 13.1. The van der Waals surface area contributed by atoms with Crippen LogP contribution in [0.5, 0.6) is 0 Å². The molecule has 2 aromatic heterocycles. The molecule has 12 heteroatoms. The fourth-order valence-electron chi connectivity index (χ4n) is 2.25. The van der Waals surface area contributed by atoms with E-state index in [2.05, 4.69) is 4.98 Å². The number of fused-ring (bicyclic) bond motifs is 1. The summed E-state index contributed by atoms with van der Waals surface area (Å²) in [6.45, 7) is 0. The van der Waals surface area contributed by atoms with E-state index in [0.717, 1.165) is 17.4 Å². The number of benzene rings is 1. The van der Waals surface area contributed by atoms with Gasteiger partial charge in [0.2, 0.25) is 0 Å². The normalized spacial score (nSPS) is 12.0. The molecule has 0 unspecified atom stereocenters. The quantitative estimate of drug-likeness (QED) is 0.662. The second kappa shape index (κ2) is 6.09. The van der Waals surface area contributed by atoms with Gasteiger partial charge in [-0.15, -0.1) is 0 Å². The molecule has 0 bridgehead atoms. The summed E-state index contributed by atoms with van der Waals surface area (Å²) in [5, 5.41) is 0.354. The molecule has 1 aromatic carbocycles. The number of alkyl halides is 3. The Morgan fingerprint density at radius 3 is 2.46 bits per heavy atom. The van der Waals surface area contributed by atoms with Crippen LogP contribution in [0.2, 0.25) is 5.02 Å². The molecule has 6 nitrogen and oxygen atoms in total. The standard InChI is InChI=1S/C14H9ClF4N4O2S/c1-22(2)13-21-9-5(15)3-6(16)10(11(9)26-13)23-8(24)4-7(14(17,18)19)20-12(23)25/h3-4H,1-2H3,(H,20,25). The lowest BCUT2D eigenvalue weighted by atomic mass is 10.2. The zero-order valence-corrected chi connectivity index (χ0v) is 14.7. The first kappa shape index (κ1) is 18.4. The summed E-state index contributed by atoms with van der Waals surface area (Å²) >= 11 is 6.91. The first-order chi connectivity index (χ1) is 12.0. The van der Waals surface area contributed by atoms with Gasteiger partial charge in [-0.2, -0.15) is 13.2 Å². The summed E-state index contributed by atoms with van der Waals surface area (Å²) in [6.07, 6.45) is -4.92. The van der Waals surface area contributed by atoms with Gasteiger partial charge >= 0.3 is 11.9 Å². The van der Waals surface area contributed by atoms with Gasteiger partial charge in [0, 0.05) is 20.2 Å². The molecule has 0 aliphatic carbocycles. The number of hydrogen-bond donors (Lipinski definition) is 1. The van der Waals surface area contributed by atoms with E-state index >= 15 is 0 Å². The third kappa shape index (κ3) is 2.97. The molecule has 0 aliphatic rings. The molecule has 0 amide bonds. The highest BCUT2D eigenvalue weighted by Crippen LogP contribution is 2.37. The van der Waals surface area contributed by atoms with Gasteiger partial charge in [0.05, 0.1) is 9.72 Å². The van der Waals surface area contributed by atoms with Crippen molar-refractivity contribution in [1.82, 2.24) is 14.5 Å². The largest absolute Gasteiger partial charge is 0.431 e. The molecule has 0 atom stereocenters. The van der Waals surface area contributed by atoms with Crippen LogP contribution >= 0.6 is 22.9 Å². The Labute approximate surface area is 151 Å². The Morgan fingerprint density at radius 2 is 1.92 bits per heavy atom. The number of nitrogens with one attached hydrogen (secondary N) is 1. The molecule has 0 saturated heterocycles. The number of anilines is 1. The molecule has 3 rings (SSSR count). The van der Waals surface area contributed by atoms with E-state index in [1.54, 1.807) is 24.0 Å². The second-order valence-corrected chi connectivity index (χ2v) is 6.80. The van der Waals surface area contributed by atoms with E-state index in [1.807, 2.05) is 0 Å². The van der Waals surface area contributed by atoms with Gasteiger partial charge in [-0.3, -0.25) is 4.79 Å². The van der Waals surface area contributed by atoms with Crippen molar-refractivity contribution >= 4 is 38.3 Å². The Morgan fingerprint density at radius 1 is 1.27 bits per heavy atom. The van der Waals surface area contributed by atoms with Crippen LogP contribution in [-0.4, -0.2) is 28.6 Å². The molecule has 0 spiro atoms. The molecule has 138 valence electrons. The fraction of sp³-hybridized carbons (Fsp3) is 0.214. The number of nitrogens with zero attached hydrogens (tertiary/aromatic N) is 3. The first-order valence-corrected chi connectivity index (χ1v) is 8.10. The summed E-state index contributed by atoms with van der Waals surface area (Å²) < 4.78 is 53.1. The van der Waals surface area contributed by atoms with E-state index < -0.39 is 34.6 Å². The van der Waals surface area contributed by atoms with Gasteiger partial charge in [-0.05, 0) is 6.07 Å². The SMILES string of the molecule is CN(C)c1nc2c(Cl)cc(F)c(-n3c(=O)cc(C(F)(F)F)[nH]c3=O)c2s1. The van der Waals surface area contributed by atoms with Crippen LogP contribution < -0.4 is 16.1 Å². The third-order valence-electron chi connectivity index (χ3n) is 3.38. The van der Waals surface area contributed by atoms with Crippen molar-refractivity contribution in [3.63, 3.8) is 0 Å². The maximum absolute atomic E-state index is 14.5. The lowest BCUT2D eigenvalue weighted by Gasteiger charge is -2.10. The van der Waals surface area contributed by atoms with E-state index in [-0.39, 0.29) is 21.3 Å². The minimum Gasteiger partial charge on any atom is -0.354 e. The number of aromatic nitrogens is 3. The Balaban J connectivity index is 2.40. The Hall–Kier alpha value is -2.40. The van der Waals surface area contributed by atoms with Gasteiger partial charge in [0.25, 0.3) is 5.56 Å². The summed E-state index contributed by atoms with van der Waals surface area (Å²) in [7, 11) is 3.33. The van der Waals surface area contributed by atoms with Crippen molar-refractivity contribution in [2.24, 2.45) is 0 Å². The van der Waals surface area contributed by atoms with E-state index in [4.69, 9.17) is 11.6 Å². The predicted octanol–water partition coefficient (Wildman–Crippen LogP) is 3.01. The lowest BCUT2D eigenvalue weighted by molar-refractivity contribution is -0.141. The topological polar surface area (TPSA) is 71.0 Å². The second-order valence-electron chi connectivity index (χ2n) is 5.42. The average molecular weight is 409 g/mol. The van der Waals surface area contributed by atoms with Gasteiger partial charge in [-0.1, -0.05) is 22.9 Å². The van der Waals surface area contributed by atoms with Gasteiger partial charge in [0.1, 0.15) is 16.9 Å². The maximum Gasteiger partial charge on any atom is 0.431 e. The number of halogens is 5. The van der Waals surface area contributed by atoms with Crippen LogP contribution in [0.1, 0.15) is 5.69 Å². The highest BCUT2D eigenvalue weighted by molar-refractivity contribution is 7.22. The van der Waals surface area contributed by atoms with E-state index in [0.29, 0.717) is 9.70 Å². The summed E-state index contributed by atoms with van der Waals surface area (Å²) in [4.78, 5) is 31.6. The number of H-pyrrole nitrogens is 1. The molecule has 0 saturated carbocycles. The summed E-state index contributed by atoms with van der Waals surface area (Å²) in [5.74, 6) is -1.04. The molecule has 3 aromatic rings. The van der Waals surface area contributed by atoms with Crippen LogP contribution in [0.25, 0.3) is 15.9 Å². The smallest absolute Gasteiger partial charge is 0.354 e. The van der Waals surface area contributed by atoms with Crippen molar-refractivity contribution in [2.45, 2.75) is 6.18 Å². The first-order valence-electron chi connectivity index (χ1n) is 6.90. The number of aromatic amines is 1. The van der Waals surface area contributed by atoms with Crippen molar-refractivity contribution in [3.8, 4) is 5.69 Å². The van der Waals surface area contributed by atoms with Crippen molar-refractivity contribution in [3.05, 3.63) is 49.5 Å². The molecule has 0 aliphatic heterocycles. The van der Waals surface area contributed by atoms with Crippen LogP contribution in [0.4, 0.5) is 22.7 Å². The maximum atomic E-state index is 14.5. The summed E-state index contributed by atoms with van der Waals surface area (Å²) in [5.41, 5.74) is -4.65. The monoisotopic (exact) mass is 408 g/mol. The van der Waals surface area contributed by atoms with Gasteiger partial charge in [0.15, 0.2) is 10.9 Å². The minimum absolute atomic E-state index is 0.0537. The van der Waals surface area contributed by atoms with Gasteiger partial charge in [-0.25, -0.2) is 18.7 Å². The molecule has 2 heterocycles.